The molecule has 206 valence electrons. The van der Waals surface area contributed by atoms with Gasteiger partial charge in [-0.15, -0.1) is 0 Å². The molecule has 1 atom stereocenters. The van der Waals surface area contributed by atoms with Crippen LogP contribution in [0.1, 0.15) is 37.9 Å². The fourth-order valence-corrected chi connectivity index (χ4v) is 5.21. The smallest absolute Gasteiger partial charge is 0.338 e. The molecule has 0 bridgehead atoms. The maximum atomic E-state index is 13.8. The molecule has 3 aromatic rings. The lowest BCUT2D eigenvalue weighted by Crippen LogP contribution is -2.39. The second-order valence-corrected chi connectivity index (χ2v) is 9.64. The highest BCUT2D eigenvalue weighted by Gasteiger charge is 2.33. The fourth-order valence-electron chi connectivity index (χ4n) is 4.16. The van der Waals surface area contributed by atoms with E-state index in [1.165, 1.54) is 31.6 Å². The third-order valence-corrected chi connectivity index (χ3v) is 6.75. The zero-order chi connectivity index (χ0) is 29.0. The Morgan fingerprint density at radius 2 is 1.75 bits per heavy atom. The standard InChI is InChI=1S/C29H26N2O8S/c1-6-13-37-28(35)25-16(2)30-29-31(26(25)20-8-10-21(11-9-20)38-17(3)32)27(34)24(40-29)15-19-7-12-22(39-18(4)33)23(14-19)36-5/h6-12,14-15,26H,1,13H2,2-5H3/b24-15-/t26-/m1/s1. The van der Waals surface area contributed by atoms with Gasteiger partial charge in [0.25, 0.3) is 5.56 Å². The molecule has 1 aliphatic rings. The molecule has 0 unspecified atom stereocenters. The van der Waals surface area contributed by atoms with E-state index in [4.69, 9.17) is 18.9 Å². The zero-order valence-corrected chi connectivity index (χ0v) is 23.1. The number of methoxy groups -OCH3 is 1. The lowest BCUT2D eigenvalue weighted by molar-refractivity contribution is -0.138. The number of carbonyl (C=O) groups excluding carboxylic acids is 3. The van der Waals surface area contributed by atoms with Crippen molar-refractivity contribution in [2.45, 2.75) is 26.8 Å². The van der Waals surface area contributed by atoms with Gasteiger partial charge in [-0.2, -0.15) is 0 Å². The molecule has 0 amide bonds. The number of carbonyl (C=O) groups is 3. The number of allylic oxidation sites excluding steroid dienone is 1. The first kappa shape index (κ1) is 28.2. The second kappa shape index (κ2) is 12.0. The van der Waals surface area contributed by atoms with Crippen LogP contribution in [0.2, 0.25) is 0 Å². The Balaban J connectivity index is 1.86. The largest absolute Gasteiger partial charge is 0.493 e. The molecule has 0 saturated carbocycles. The molecule has 10 nitrogen and oxygen atoms in total. The Labute approximate surface area is 233 Å². The van der Waals surface area contributed by atoms with Crippen molar-refractivity contribution in [1.82, 2.24) is 4.57 Å². The quantitative estimate of drug-likeness (QED) is 0.233. The van der Waals surface area contributed by atoms with Gasteiger partial charge in [0.1, 0.15) is 12.4 Å². The minimum absolute atomic E-state index is 0.0106. The van der Waals surface area contributed by atoms with Crippen LogP contribution in [0.25, 0.3) is 6.08 Å². The van der Waals surface area contributed by atoms with Crippen LogP contribution in [0.15, 0.2) is 76.2 Å². The van der Waals surface area contributed by atoms with E-state index in [0.29, 0.717) is 37.7 Å². The SMILES string of the molecule is C=CCOC(=O)C1=C(C)N=c2s/c(=C\c3ccc(OC(C)=O)c(OC)c3)c(=O)n2[C@@H]1c1ccc(OC(C)=O)cc1. The molecular weight excluding hydrogens is 536 g/mol. The average Bonchev–Trinajstić information content (AvgIpc) is 3.21. The summed E-state index contributed by atoms with van der Waals surface area (Å²) < 4.78 is 22.8. The maximum Gasteiger partial charge on any atom is 0.338 e. The summed E-state index contributed by atoms with van der Waals surface area (Å²) in [5, 5.41) is 0. The van der Waals surface area contributed by atoms with Crippen LogP contribution < -0.4 is 29.1 Å². The van der Waals surface area contributed by atoms with Gasteiger partial charge in [-0.3, -0.25) is 19.0 Å². The Bertz CT molecular complexity index is 1710. The van der Waals surface area contributed by atoms with Crippen LogP contribution in [-0.2, 0) is 19.1 Å². The third kappa shape index (κ3) is 5.94. The third-order valence-electron chi connectivity index (χ3n) is 5.77. The number of aromatic nitrogens is 1. The minimum Gasteiger partial charge on any atom is -0.493 e. The topological polar surface area (TPSA) is 122 Å². The van der Waals surface area contributed by atoms with Gasteiger partial charge in [0, 0.05) is 13.8 Å². The molecule has 0 fully saturated rings. The van der Waals surface area contributed by atoms with Gasteiger partial charge in [0.05, 0.1) is 29.0 Å². The molecule has 0 spiro atoms. The lowest BCUT2D eigenvalue weighted by atomic mass is 9.96. The molecule has 2 heterocycles. The number of fused-ring (bicyclic) bond motifs is 1. The predicted octanol–water partition coefficient (Wildman–Crippen LogP) is 2.82. The first-order valence-electron chi connectivity index (χ1n) is 12.1. The lowest BCUT2D eigenvalue weighted by Gasteiger charge is -2.24. The summed E-state index contributed by atoms with van der Waals surface area (Å²) in [5.41, 5.74) is 1.46. The van der Waals surface area contributed by atoms with Crippen LogP contribution in [0.5, 0.6) is 17.2 Å². The van der Waals surface area contributed by atoms with Crippen molar-refractivity contribution >= 4 is 35.3 Å². The number of ether oxygens (including phenoxy) is 4. The molecule has 0 saturated heterocycles. The molecule has 2 aromatic carbocycles. The Morgan fingerprint density at radius 3 is 2.38 bits per heavy atom. The minimum atomic E-state index is -0.844. The van der Waals surface area contributed by atoms with E-state index in [1.54, 1.807) is 55.5 Å². The molecule has 1 aromatic heterocycles. The van der Waals surface area contributed by atoms with Crippen LogP contribution in [0, 0.1) is 0 Å². The highest BCUT2D eigenvalue weighted by molar-refractivity contribution is 7.07. The number of hydrogen-bond donors (Lipinski definition) is 0. The van der Waals surface area contributed by atoms with Crippen LogP contribution in [-0.4, -0.2) is 36.2 Å². The summed E-state index contributed by atoms with van der Waals surface area (Å²) in [6, 6.07) is 10.6. The summed E-state index contributed by atoms with van der Waals surface area (Å²) in [6.45, 7) is 7.84. The van der Waals surface area contributed by atoms with E-state index >= 15 is 0 Å². The van der Waals surface area contributed by atoms with Crippen LogP contribution in [0.3, 0.4) is 0 Å². The van der Waals surface area contributed by atoms with Gasteiger partial charge < -0.3 is 18.9 Å². The van der Waals surface area contributed by atoms with Gasteiger partial charge in [-0.25, -0.2) is 9.79 Å². The van der Waals surface area contributed by atoms with Crippen molar-refractivity contribution in [2.24, 2.45) is 4.99 Å². The number of thiazole rings is 1. The molecule has 1 aliphatic heterocycles. The van der Waals surface area contributed by atoms with E-state index in [0.717, 1.165) is 11.3 Å². The number of esters is 3. The van der Waals surface area contributed by atoms with Gasteiger partial charge in [0.2, 0.25) is 0 Å². The maximum absolute atomic E-state index is 13.8. The highest BCUT2D eigenvalue weighted by Crippen LogP contribution is 2.32. The molecular formula is C29H26N2O8S. The van der Waals surface area contributed by atoms with Crippen LogP contribution >= 0.6 is 11.3 Å². The first-order chi connectivity index (χ1) is 19.1. The van der Waals surface area contributed by atoms with E-state index in [-0.39, 0.29) is 23.5 Å². The Kier molecular flexibility index (Phi) is 8.44. The second-order valence-electron chi connectivity index (χ2n) is 8.64. The van der Waals surface area contributed by atoms with Gasteiger partial charge in [0.15, 0.2) is 16.3 Å². The molecule has 11 heteroatoms. The van der Waals surface area contributed by atoms with E-state index in [2.05, 4.69) is 11.6 Å². The van der Waals surface area contributed by atoms with Gasteiger partial charge in [-0.05, 0) is 48.4 Å². The predicted molar refractivity (Wildman–Crippen MR) is 147 cm³/mol. The highest BCUT2D eigenvalue weighted by atomic mass is 32.1. The van der Waals surface area contributed by atoms with Crippen molar-refractivity contribution < 1.29 is 33.3 Å². The molecule has 4 rings (SSSR count). The Hall–Kier alpha value is -4.77. The van der Waals surface area contributed by atoms with Crippen LogP contribution in [0.4, 0.5) is 0 Å². The van der Waals surface area contributed by atoms with Crippen molar-refractivity contribution in [3.63, 3.8) is 0 Å². The normalized spacial score (nSPS) is 14.6. The summed E-state index contributed by atoms with van der Waals surface area (Å²) in [7, 11) is 1.45. The van der Waals surface area contributed by atoms with Gasteiger partial charge in [-0.1, -0.05) is 42.2 Å². The van der Waals surface area contributed by atoms with Crippen molar-refractivity contribution in [2.75, 3.05) is 13.7 Å². The summed E-state index contributed by atoms with van der Waals surface area (Å²) >= 11 is 1.16. The zero-order valence-electron chi connectivity index (χ0n) is 22.3. The molecule has 0 N–H and O–H groups in total. The number of benzene rings is 2. The van der Waals surface area contributed by atoms with E-state index < -0.39 is 23.9 Å². The van der Waals surface area contributed by atoms with E-state index in [9.17, 15) is 19.2 Å². The van der Waals surface area contributed by atoms with Crippen molar-refractivity contribution in [3.05, 3.63) is 97.2 Å². The number of nitrogens with zero attached hydrogens (tertiary/aromatic N) is 2. The number of hydrogen-bond acceptors (Lipinski definition) is 10. The van der Waals surface area contributed by atoms with Crippen molar-refractivity contribution in [3.8, 4) is 17.2 Å². The molecule has 0 radical (unpaired) electrons. The summed E-state index contributed by atoms with van der Waals surface area (Å²) in [6.07, 6.45) is 3.12. The first-order valence-corrected chi connectivity index (χ1v) is 12.9. The summed E-state index contributed by atoms with van der Waals surface area (Å²) in [4.78, 5) is 54.6. The number of rotatable bonds is 8. The molecule has 40 heavy (non-hydrogen) atoms. The molecule has 0 aliphatic carbocycles. The van der Waals surface area contributed by atoms with Crippen molar-refractivity contribution in [1.29, 1.82) is 0 Å². The summed E-state index contributed by atoms with van der Waals surface area (Å²) in [5.74, 6) is -0.683. The Morgan fingerprint density at radius 1 is 1.05 bits per heavy atom. The van der Waals surface area contributed by atoms with E-state index in [1.807, 2.05) is 0 Å². The monoisotopic (exact) mass is 562 g/mol. The fraction of sp³-hybridized carbons (Fsp3) is 0.207. The average molecular weight is 563 g/mol. The van der Waals surface area contributed by atoms with Gasteiger partial charge >= 0.3 is 17.9 Å².